The molecule has 109 valence electrons. The number of β-lactam (4-membered cyclic amide) rings is 1. The van der Waals surface area contributed by atoms with Gasteiger partial charge in [-0.2, -0.15) is 0 Å². The molecule has 2 saturated heterocycles. The fourth-order valence-electron chi connectivity index (χ4n) is 2.93. The minimum atomic E-state index is -3.80. The fourth-order valence-corrected chi connectivity index (χ4v) is 5.29. The third kappa shape index (κ3) is 2.04. The summed E-state index contributed by atoms with van der Waals surface area (Å²) in [5.41, 5.74) is 0. The number of carboxylic acid groups (broad SMARTS) is 1. The van der Waals surface area contributed by atoms with E-state index >= 15 is 0 Å². The van der Waals surface area contributed by atoms with E-state index in [1.165, 1.54) is 24.0 Å². The maximum Gasteiger partial charge on any atom is 0.328 e. The first-order chi connectivity index (χ1) is 9.29. The van der Waals surface area contributed by atoms with Gasteiger partial charge in [0.25, 0.3) is 0 Å². The predicted molar refractivity (Wildman–Crippen MR) is 69.8 cm³/mol. The second kappa shape index (κ2) is 5.04. The normalized spacial score (nSPS) is 33.0. The maximum atomic E-state index is 12.5. The van der Waals surface area contributed by atoms with Gasteiger partial charge in [-0.05, 0) is 6.92 Å². The first kappa shape index (κ1) is 16.4. The SMILES string of the molecule is C[C@]1(Cn2ccnn2)[C@H](C(=O)O)N2C(=O)C[C@H]2S1(=O)=O.[Na]. The van der Waals surface area contributed by atoms with Gasteiger partial charge in [0.15, 0.2) is 15.9 Å². The molecule has 1 radical (unpaired) electrons. The van der Waals surface area contributed by atoms with Crippen molar-refractivity contribution in [1.82, 2.24) is 19.9 Å². The number of carbonyl (C=O) groups excluding carboxylic acids is 1. The zero-order valence-corrected chi connectivity index (χ0v) is 14.3. The summed E-state index contributed by atoms with van der Waals surface area (Å²) in [5.74, 6) is -1.78. The average molecular weight is 323 g/mol. The van der Waals surface area contributed by atoms with Crippen molar-refractivity contribution in [3.05, 3.63) is 12.4 Å². The number of hydrogen-bond acceptors (Lipinski definition) is 6. The Labute approximate surface area is 142 Å². The number of carboxylic acids is 1. The molecule has 0 aromatic carbocycles. The number of hydrogen-bond donors (Lipinski definition) is 1. The summed E-state index contributed by atoms with van der Waals surface area (Å²) in [6, 6.07) is -1.40. The summed E-state index contributed by atoms with van der Waals surface area (Å²) in [6.45, 7) is 1.18. The molecule has 9 nitrogen and oxygen atoms in total. The Morgan fingerprint density at radius 1 is 1.57 bits per heavy atom. The van der Waals surface area contributed by atoms with Crippen LogP contribution in [-0.2, 0) is 26.0 Å². The molecular formula is C10H12N4NaO5S. The van der Waals surface area contributed by atoms with Gasteiger partial charge < -0.3 is 10.0 Å². The van der Waals surface area contributed by atoms with Crippen LogP contribution in [0.4, 0.5) is 0 Å². The summed E-state index contributed by atoms with van der Waals surface area (Å²) in [4.78, 5) is 24.0. The number of aliphatic carboxylic acids is 1. The van der Waals surface area contributed by atoms with E-state index < -0.39 is 37.9 Å². The molecule has 11 heteroatoms. The van der Waals surface area contributed by atoms with E-state index in [0.717, 1.165) is 4.90 Å². The molecule has 2 aliphatic rings. The molecule has 1 amide bonds. The molecule has 0 bridgehead atoms. The van der Waals surface area contributed by atoms with Crippen LogP contribution >= 0.6 is 0 Å². The first-order valence-corrected chi connectivity index (χ1v) is 7.45. The molecule has 2 fully saturated rings. The Bertz CT molecular complexity index is 690. The third-order valence-electron chi connectivity index (χ3n) is 3.99. The van der Waals surface area contributed by atoms with Gasteiger partial charge in [-0.3, -0.25) is 9.48 Å². The molecule has 1 aromatic rings. The van der Waals surface area contributed by atoms with Gasteiger partial charge in [0.1, 0.15) is 10.1 Å². The second-order valence-electron chi connectivity index (χ2n) is 5.16. The number of nitrogens with zero attached hydrogens (tertiary/aromatic N) is 4. The zero-order chi connectivity index (χ0) is 14.7. The Balaban J connectivity index is 0.00000161. The van der Waals surface area contributed by atoms with Gasteiger partial charge >= 0.3 is 5.97 Å². The molecule has 1 N–H and O–H groups in total. The van der Waals surface area contributed by atoms with Crippen LogP contribution in [0.5, 0.6) is 0 Å². The first-order valence-electron chi connectivity index (χ1n) is 5.90. The Kier molecular flexibility index (Phi) is 3.94. The van der Waals surface area contributed by atoms with Gasteiger partial charge in [-0.1, -0.05) is 5.21 Å². The smallest absolute Gasteiger partial charge is 0.328 e. The Morgan fingerprint density at radius 2 is 2.24 bits per heavy atom. The van der Waals surface area contributed by atoms with Crippen LogP contribution in [0.2, 0.25) is 0 Å². The van der Waals surface area contributed by atoms with Crippen LogP contribution in [0, 0.1) is 0 Å². The molecule has 3 rings (SSSR count). The van der Waals surface area contributed by atoms with E-state index in [0.29, 0.717) is 0 Å². The number of rotatable bonds is 3. The van der Waals surface area contributed by atoms with E-state index in [9.17, 15) is 23.1 Å². The standard InChI is InChI=1S/C10H12N4O5S.Na/c1-10(5-13-3-2-11-12-13)8(9(16)17)14-6(15)4-7(14)20(10,18)19;/h2-3,7-8H,4-5H2,1H3,(H,16,17);/t7-,8+,10+;/m1./s1. The van der Waals surface area contributed by atoms with Crippen molar-refractivity contribution in [2.45, 2.75) is 36.1 Å². The number of aromatic nitrogens is 3. The summed E-state index contributed by atoms with van der Waals surface area (Å²) in [5, 5.41) is 15.6. The minimum Gasteiger partial charge on any atom is -0.480 e. The van der Waals surface area contributed by atoms with Crippen LogP contribution in [0.1, 0.15) is 13.3 Å². The Morgan fingerprint density at radius 3 is 2.71 bits per heavy atom. The molecule has 21 heavy (non-hydrogen) atoms. The van der Waals surface area contributed by atoms with Crippen molar-refractivity contribution >= 4 is 51.3 Å². The van der Waals surface area contributed by atoms with E-state index in [1.54, 1.807) is 0 Å². The average Bonchev–Trinajstić information content (AvgIpc) is 2.87. The van der Waals surface area contributed by atoms with E-state index in [2.05, 4.69) is 10.3 Å². The Hall–Kier alpha value is -0.970. The van der Waals surface area contributed by atoms with Crippen molar-refractivity contribution < 1.29 is 23.1 Å². The van der Waals surface area contributed by atoms with Gasteiger partial charge in [0.2, 0.25) is 5.91 Å². The van der Waals surface area contributed by atoms with Gasteiger partial charge in [-0.15, -0.1) is 5.10 Å². The monoisotopic (exact) mass is 323 g/mol. The van der Waals surface area contributed by atoms with Crippen LogP contribution in [-0.4, -0.2) is 91.0 Å². The molecule has 2 aliphatic heterocycles. The molecule has 0 saturated carbocycles. The van der Waals surface area contributed by atoms with Crippen LogP contribution < -0.4 is 0 Å². The summed E-state index contributed by atoms with van der Waals surface area (Å²) in [6.07, 6.45) is 2.68. The van der Waals surface area contributed by atoms with Crippen LogP contribution in [0.25, 0.3) is 0 Å². The number of fused-ring (bicyclic) bond motifs is 1. The number of carbonyl (C=O) groups is 2. The molecule has 0 unspecified atom stereocenters. The summed E-state index contributed by atoms with van der Waals surface area (Å²) < 4.78 is 24.7. The molecule has 0 spiro atoms. The largest absolute Gasteiger partial charge is 0.480 e. The number of sulfone groups is 1. The molecule has 3 atom stereocenters. The van der Waals surface area contributed by atoms with Crippen LogP contribution in [0.15, 0.2) is 12.4 Å². The van der Waals surface area contributed by atoms with E-state index in [1.807, 2.05) is 0 Å². The van der Waals surface area contributed by atoms with Crippen molar-refractivity contribution in [2.24, 2.45) is 0 Å². The van der Waals surface area contributed by atoms with E-state index in [-0.39, 0.29) is 42.5 Å². The maximum absolute atomic E-state index is 12.5. The topological polar surface area (TPSA) is 122 Å². The van der Waals surface area contributed by atoms with Crippen molar-refractivity contribution in [3.8, 4) is 0 Å². The van der Waals surface area contributed by atoms with E-state index in [4.69, 9.17) is 0 Å². The molecule has 3 heterocycles. The van der Waals surface area contributed by atoms with Crippen molar-refractivity contribution in [3.63, 3.8) is 0 Å². The molecule has 0 aliphatic carbocycles. The number of amides is 1. The van der Waals surface area contributed by atoms with Gasteiger partial charge in [-0.25, -0.2) is 13.2 Å². The van der Waals surface area contributed by atoms with Gasteiger partial charge in [0.05, 0.1) is 19.2 Å². The third-order valence-corrected chi connectivity index (χ3v) is 6.76. The summed E-state index contributed by atoms with van der Waals surface area (Å²) >= 11 is 0. The second-order valence-corrected chi connectivity index (χ2v) is 7.73. The molecular weight excluding hydrogens is 311 g/mol. The summed E-state index contributed by atoms with van der Waals surface area (Å²) in [7, 11) is -3.80. The minimum absolute atomic E-state index is 0. The quantitative estimate of drug-likeness (QED) is 0.509. The zero-order valence-electron chi connectivity index (χ0n) is 11.5. The van der Waals surface area contributed by atoms with Crippen LogP contribution in [0.3, 0.4) is 0 Å². The molecule has 1 aromatic heterocycles. The van der Waals surface area contributed by atoms with Gasteiger partial charge in [0, 0.05) is 35.8 Å². The van der Waals surface area contributed by atoms with Crippen molar-refractivity contribution in [2.75, 3.05) is 0 Å². The van der Waals surface area contributed by atoms with Crippen molar-refractivity contribution in [1.29, 1.82) is 0 Å². The fraction of sp³-hybridized carbons (Fsp3) is 0.600. The predicted octanol–water partition coefficient (Wildman–Crippen LogP) is -1.90.